The molecular weight excluding hydrogens is 244 g/mol. The Balaban J connectivity index is 1.96. The normalized spacial score (nSPS) is 10.4. The molecule has 0 unspecified atom stereocenters. The van der Waals surface area contributed by atoms with Crippen LogP contribution in [-0.4, -0.2) is 27.2 Å². The molecule has 1 heterocycles. The van der Waals surface area contributed by atoms with Gasteiger partial charge >= 0.3 is 0 Å². The van der Waals surface area contributed by atoms with Crippen LogP contribution in [0.25, 0.3) is 0 Å². The van der Waals surface area contributed by atoms with Crippen LogP contribution in [0.1, 0.15) is 16.2 Å². The van der Waals surface area contributed by atoms with Crippen LogP contribution in [0, 0.1) is 0 Å². The van der Waals surface area contributed by atoms with E-state index in [1.807, 2.05) is 11.6 Å². The second-order valence-corrected chi connectivity index (χ2v) is 4.20. The summed E-state index contributed by atoms with van der Waals surface area (Å²) in [6, 6.07) is 4.95. The van der Waals surface area contributed by atoms with E-state index in [1.165, 1.54) is 0 Å². The summed E-state index contributed by atoms with van der Waals surface area (Å²) in [6.07, 6.45) is 2.39. The summed E-state index contributed by atoms with van der Waals surface area (Å²) < 4.78 is 1.86. The summed E-state index contributed by atoms with van der Waals surface area (Å²) >= 11 is 0. The van der Waals surface area contributed by atoms with Crippen LogP contribution in [-0.2, 0) is 13.5 Å². The maximum Gasteiger partial charge on any atom is 0.248 e. The van der Waals surface area contributed by atoms with Crippen molar-refractivity contribution < 1.29 is 4.79 Å². The molecule has 0 aliphatic heterocycles. The average molecular weight is 260 g/mol. The van der Waals surface area contributed by atoms with E-state index in [4.69, 9.17) is 11.5 Å². The van der Waals surface area contributed by atoms with Crippen molar-refractivity contribution in [1.29, 1.82) is 0 Å². The predicted molar refractivity (Wildman–Crippen MR) is 72.6 cm³/mol. The lowest BCUT2D eigenvalue weighted by Gasteiger charge is -2.09. The summed E-state index contributed by atoms with van der Waals surface area (Å²) in [6.45, 7) is 0.673. The van der Waals surface area contributed by atoms with Crippen molar-refractivity contribution in [3.05, 3.63) is 35.9 Å². The predicted octanol–water partition coefficient (Wildman–Crippen LogP) is 0.151. The molecule has 0 bridgehead atoms. The average Bonchev–Trinajstić information content (AvgIpc) is 2.77. The van der Waals surface area contributed by atoms with Gasteiger partial charge in [-0.3, -0.25) is 4.79 Å². The van der Waals surface area contributed by atoms with E-state index >= 15 is 0 Å². The van der Waals surface area contributed by atoms with Crippen molar-refractivity contribution in [3.63, 3.8) is 0 Å². The highest BCUT2D eigenvalue weighted by Crippen LogP contribution is 2.19. The first kappa shape index (κ1) is 12.9. The summed E-state index contributed by atoms with van der Waals surface area (Å²) in [4.78, 5) is 11.0. The van der Waals surface area contributed by atoms with Gasteiger partial charge in [-0.1, -0.05) is 0 Å². The van der Waals surface area contributed by atoms with Crippen molar-refractivity contribution >= 4 is 17.3 Å². The molecule has 1 amide bonds. The van der Waals surface area contributed by atoms with Crippen LogP contribution >= 0.6 is 0 Å². The molecule has 100 valence electrons. The van der Waals surface area contributed by atoms with E-state index in [1.54, 1.807) is 24.5 Å². The number of nitrogens with two attached hydrogens (primary N) is 2. The Kier molecular flexibility index (Phi) is 3.65. The highest BCUT2D eigenvalue weighted by Gasteiger charge is 2.05. The number of nitrogens with zero attached hydrogens (tertiary/aromatic N) is 3. The zero-order chi connectivity index (χ0) is 13.8. The van der Waals surface area contributed by atoms with Crippen LogP contribution in [0.2, 0.25) is 0 Å². The third-order valence-electron chi connectivity index (χ3n) is 2.81. The number of carbonyl (C=O) groups is 1. The first-order valence-electron chi connectivity index (χ1n) is 5.84. The van der Waals surface area contributed by atoms with Gasteiger partial charge in [0, 0.05) is 25.6 Å². The fourth-order valence-corrected chi connectivity index (χ4v) is 1.72. The van der Waals surface area contributed by atoms with E-state index in [0.29, 0.717) is 17.8 Å². The number of hydrogen-bond donors (Lipinski definition) is 3. The molecule has 5 N–H and O–H groups in total. The minimum absolute atomic E-state index is 0.399. The van der Waals surface area contributed by atoms with Gasteiger partial charge in [-0.2, -0.15) is 0 Å². The Hall–Kier alpha value is -2.57. The van der Waals surface area contributed by atoms with Crippen LogP contribution in [0.15, 0.2) is 24.5 Å². The Bertz CT molecular complexity index is 592. The molecule has 1 aromatic carbocycles. The molecule has 0 atom stereocenters. The molecule has 19 heavy (non-hydrogen) atoms. The fraction of sp³-hybridized carbons (Fsp3) is 0.250. The zero-order valence-corrected chi connectivity index (χ0v) is 10.6. The third kappa shape index (κ3) is 3.01. The van der Waals surface area contributed by atoms with Gasteiger partial charge in [0.1, 0.15) is 12.2 Å². The topological polar surface area (TPSA) is 112 Å². The molecule has 2 aromatic rings. The molecule has 7 nitrogen and oxygen atoms in total. The number of nitrogen functional groups attached to an aromatic ring is 1. The monoisotopic (exact) mass is 260 g/mol. The lowest BCUT2D eigenvalue weighted by atomic mass is 10.1. The molecule has 0 aliphatic rings. The van der Waals surface area contributed by atoms with E-state index in [0.717, 1.165) is 17.9 Å². The Morgan fingerprint density at radius 2 is 2.26 bits per heavy atom. The van der Waals surface area contributed by atoms with Crippen molar-refractivity contribution in [2.75, 3.05) is 17.6 Å². The van der Waals surface area contributed by atoms with Crippen molar-refractivity contribution in [2.24, 2.45) is 12.8 Å². The quantitative estimate of drug-likeness (QED) is 0.662. The number of benzene rings is 1. The van der Waals surface area contributed by atoms with E-state index in [9.17, 15) is 4.79 Å². The minimum atomic E-state index is -0.489. The number of carbonyl (C=O) groups excluding carboxylic acids is 1. The zero-order valence-electron chi connectivity index (χ0n) is 10.6. The number of aryl methyl sites for hydroxylation is 1. The second-order valence-electron chi connectivity index (χ2n) is 4.20. The first-order chi connectivity index (χ1) is 9.08. The smallest absolute Gasteiger partial charge is 0.248 e. The fourth-order valence-electron chi connectivity index (χ4n) is 1.72. The van der Waals surface area contributed by atoms with E-state index in [-0.39, 0.29) is 0 Å². The number of amides is 1. The standard InChI is InChI=1S/C12H16N6O/c1-18-7-16-17-11(18)4-5-15-10-3-2-8(12(14)19)6-9(10)13/h2-3,6-7,15H,4-5,13H2,1H3,(H2,14,19). The van der Waals surface area contributed by atoms with Gasteiger partial charge in [0.25, 0.3) is 0 Å². The molecule has 2 rings (SSSR count). The largest absolute Gasteiger partial charge is 0.397 e. The van der Waals surface area contributed by atoms with Gasteiger partial charge in [0.05, 0.1) is 11.4 Å². The van der Waals surface area contributed by atoms with Crippen LogP contribution in [0.5, 0.6) is 0 Å². The van der Waals surface area contributed by atoms with E-state index in [2.05, 4.69) is 15.5 Å². The Morgan fingerprint density at radius 3 is 2.84 bits per heavy atom. The summed E-state index contributed by atoms with van der Waals surface area (Å²) in [7, 11) is 1.89. The second kappa shape index (κ2) is 5.38. The van der Waals surface area contributed by atoms with E-state index < -0.39 is 5.91 Å². The lowest BCUT2D eigenvalue weighted by Crippen LogP contribution is -2.13. The third-order valence-corrected chi connectivity index (χ3v) is 2.81. The lowest BCUT2D eigenvalue weighted by molar-refractivity contribution is 0.100. The molecule has 0 fully saturated rings. The first-order valence-corrected chi connectivity index (χ1v) is 5.84. The van der Waals surface area contributed by atoms with Crippen LogP contribution < -0.4 is 16.8 Å². The number of hydrogen-bond acceptors (Lipinski definition) is 5. The Morgan fingerprint density at radius 1 is 1.47 bits per heavy atom. The summed E-state index contributed by atoms with van der Waals surface area (Å²) in [5.74, 6) is 0.400. The molecule has 0 aliphatic carbocycles. The number of rotatable bonds is 5. The molecule has 0 saturated carbocycles. The molecule has 1 aromatic heterocycles. The summed E-state index contributed by atoms with van der Waals surface area (Å²) in [5.41, 5.74) is 12.7. The highest BCUT2D eigenvalue weighted by molar-refractivity contribution is 5.94. The summed E-state index contributed by atoms with van der Waals surface area (Å²) in [5, 5.41) is 11.0. The molecule has 0 spiro atoms. The number of aromatic nitrogens is 3. The van der Waals surface area contributed by atoms with Gasteiger partial charge in [-0.25, -0.2) is 0 Å². The maximum atomic E-state index is 11.0. The van der Waals surface area contributed by atoms with Crippen molar-refractivity contribution in [2.45, 2.75) is 6.42 Å². The van der Waals surface area contributed by atoms with Gasteiger partial charge in [0.15, 0.2) is 0 Å². The van der Waals surface area contributed by atoms with Crippen LogP contribution in [0.3, 0.4) is 0 Å². The molecular formula is C12H16N6O. The minimum Gasteiger partial charge on any atom is -0.397 e. The highest BCUT2D eigenvalue weighted by atomic mass is 16.1. The molecule has 0 radical (unpaired) electrons. The number of nitrogens with one attached hydrogen (secondary N) is 1. The SMILES string of the molecule is Cn1cnnc1CCNc1ccc(C(N)=O)cc1N. The molecule has 0 saturated heterocycles. The van der Waals surface area contributed by atoms with Crippen molar-refractivity contribution in [3.8, 4) is 0 Å². The number of anilines is 2. The number of primary amides is 1. The van der Waals surface area contributed by atoms with Crippen LogP contribution in [0.4, 0.5) is 11.4 Å². The van der Waals surface area contributed by atoms with Gasteiger partial charge < -0.3 is 21.4 Å². The Labute approximate surface area is 110 Å². The van der Waals surface area contributed by atoms with Gasteiger partial charge in [0.2, 0.25) is 5.91 Å². The van der Waals surface area contributed by atoms with Gasteiger partial charge in [-0.05, 0) is 18.2 Å². The van der Waals surface area contributed by atoms with Gasteiger partial charge in [-0.15, -0.1) is 10.2 Å². The molecule has 7 heteroatoms. The maximum absolute atomic E-state index is 11.0. The van der Waals surface area contributed by atoms with Crippen molar-refractivity contribution in [1.82, 2.24) is 14.8 Å².